The highest BCUT2D eigenvalue weighted by atomic mass is 16.5. The first-order valence-electron chi connectivity index (χ1n) is 12.7. The molecule has 0 unspecified atom stereocenters. The monoisotopic (exact) mass is 496 g/mol. The third-order valence-electron chi connectivity index (χ3n) is 7.02. The van der Waals surface area contributed by atoms with Crippen molar-refractivity contribution in [3.63, 3.8) is 0 Å². The van der Waals surface area contributed by atoms with Crippen LogP contribution in [0.2, 0.25) is 0 Å². The molecule has 1 heterocycles. The van der Waals surface area contributed by atoms with Crippen LogP contribution in [0.5, 0.6) is 0 Å². The second-order valence-electron chi connectivity index (χ2n) is 9.50. The molecule has 1 aliphatic carbocycles. The van der Waals surface area contributed by atoms with E-state index in [1.165, 1.54) is 11.1 Å². The molecular formula is C31H32N2O4. The van der Waals surface area contributed by atoms with Gasteiger partial charge in [-0.05, 0) is 60.6 Å². The number of nitrogens with one attached hydrogen (secondary N) is 1. The van der Waals surface area contributed by atoms with Gasteiger partial charge in [-0.1, -0.05) is 65.8 Å². The molecule has 0 spiro atoms. The lowest BCUT2D eigenvalue weighted by molar-refractivity contribution is -0.147. The summed E-state index contributed by atoms with van der Waals surface area (Å²) in [6.07, 6.45) is 1.62. The standard InChI is InChI=1S/C31H32N2O4/c1-4-36-30(34)31(15-16-31)32-19-22-9-8-12-24(17-22)28-18-29(37-33-28)26-14-13-25(21(2)27(26)20-35-3)23-10-6-5-7-11-23/h5-14,17-18,32H,4,15-16,19-20H2,1-3H3. The first-order chi connectivity index (χ1) is 18.0. The molecule has 3 aromatic carbocycles. The zero-order valence-electron chi connectivity index (χ0n) is 21.5. The van der Waals surface area contributed by atoms with Crippen molar-refractivity contribution in [2.24, 2.45) is 0 Å². The van der Waals surface area contributed by atoms with Crippen molar-refractivity contribution in [3.05, 3.63) is 89.5 Å². The number of hydrogen-bond donors (Lipinski definition) is 1. The van der Waals surface area contributed by atoms with Gasteiger partial charge in [-0.15, -0.1) is 0 Å². The number of benzene rings is 3. The third-order valence-corrected chi connectivity index (χ3v) is 7.02. The van der Waals surface area contributed by atoms with Crippen LogP contribution in [0.15, 0.2) is 77.3 Å². The predicted molar refractivity (Wildman–Crippen MR) is 144 cm³/mol. The predicted octanol–water partition coefficient (Wildman–Crippen LogP) is 6.32. The minimum absolute atomic E-state index is 0.160. The summed E-state index contributed by atoms with van der Waals surface area (Å²) in [5, 5.41) is 7.77. The van der Waals surface area contributed by atoms with E-state index in [1.54, 1.807) is 7.11 Å². The molecular weight excluding hydrogens is 464 g/mol. The number of carbonyl (C=O) groups is 1. The second-order valence-corrected chi connectivity index (χ2v) is 9.50. The van der Waals surface area contributed by atoms with Crippen LogP contribution in [-0.4, -0.2) is 30.4 Å². The summed E-state index contributed by atoms with van der Waals surface area (Å²) < 4.78 is 16.6. The maximum atomic E-state index is 12.3. The molecule has 0 saturated heterocycles. The molecule has 6 heteroatoms. The zero-order valence-corrected chi connectivity index (χ0v) is 21.5. The van der Waals surface area contributed by atoms with Crippen LogP contribution in [0.3, 0.4) is 0 Å². The number of hydrogen-bond acceptors (Lipinski definition) is 6. The summed E-state index contributed by atoms with van der Waals surface area (Å²) in [4.78, 5) is 12.3. The fraction of sp³-hybridized carbons (Fsp3) is 0.290. The van der Waals surface area contributed by atoms with E-state index in [2.05, 4.69) is 47.7 Å². The molecule has 190 valence electrons. The Bertz CT molecular complexity index is 1390. The molecule has 1 fully saturated rings. The number of aromatic nitrogens is 1. The maximum Gasteiger partial charge on any atom is 0.326 e. The number of carbonyl (C=O) groups excluding carboxylic acids is 1. The van der Waals surface area contributed by atoms with Crippen LogP contribution in [0.25, 0.3) is 33.7 Å². The summed E-state index contributed by atoms with van der Waals surface area (Å²) in [6.45, 7) is 5.40. The molecule has 5 rings (SSSR count). The van der Waals surface area contributed by atoms with Gasteiger partial charge in [-0.2, -0.15) is 0 Å². The second kappa shape index (κ2) is 10.7. The Morgan fingerprint density at radius 2 is 1.76 bits per heavy atom. The maximum absolute atomic E-state index is 12.3. The van der Waals surface area contributed by atoms with Crippen LogP contribution in [0.4, 0.5) is 0 Å². The summed E-state index contributed by atoms with van der Waals surface area (Å²) in [6, 6.07) is 24.7. The fourth-order valence-electron chi connectivity index (χ4n) is 4.75. The highest BCUT2D eigenvalue weighted by Gasteiger charge is 2.50. The van der Waals surface area contributed by atoms with Crippen molar-refractivity contribution >= 4 is 5.97 Å². The Morgan fingerprint density at radius 1 is 1.00 bits per heavy atom. The van der Waals surface area contributed by atoms with Gasteiger partial charge in [0, 0.05) is 30.8 Å². The summed E-state index contributed by atoms with van der Waals surface area (Å²) in [5.41, 5.74) is 7.81. The van der Waals surface area contributed by atoms with Crippen LogP contribution >= 0.6 is 0 Å². The Kier molecular flexibility index (Phi) is 7.22. The van der Waals surface area contributed by atoms with Gasteiger partial charge in [0.15, 0.2) is 5.76 Å². The van der Waals surface area contributed by atoms with Crippen LogP contribution in [-0.2, 0) is 27.4 Å². The molecule has 37 heavy (non-hydrogen) atoms. The van der Waals surface area contributed by atoms with Crippen LogP contribution in [0.1, 0.15) is 36.5 Å². The van der Waals surface area contributed by atoms with Crippen molar-refractivity contribution < 1.29 is 18.8 Å². The molecule has 1 saturated carbocycles. The highest BCUT2D eigenvalue weighted by molar-refractivity contribution is 5.84. The smallest absolute Gasteiger partial charge is 0.326 e. The molecule has 6 nitrogen and oxygen atoms in total. The van der Waals surface area contributed by atoms with Crippen molar-refractivity contribution in [2.45, 2.75) is 45.4 Å². The van der Waals surface area contributed by atoms with Crippen LogP contribution < -0.4 is 5.32 Å². The van der Waals surface area contributed by atoms with E-state index in [0.29, 0.717) is 25.5 Å². The number of nitrogens with zero attached hydrogens (tertiary/aromatic N) is 1. The molecule has 1 aromatic heterocycles. The first kappa shape index (κ1) is 24.9. The highest BCUT2D eigenvalue weighted by Crippen LogP contribution is 2.38. The van der Waals surface area contributed by atoms with E-state index in [1.807, 2.05) is 49.4 Å². The van der Waals surface area contributed by atoms with Gasteiger partial charge in [-0.25, -0.2) is 0 Å². The molecule has 4 aromatic rings. The van der Waals surface area contributed by atoms with Gasteiger partial charge in [0.2, 0.25) is 0 Å². The average molecular weight is 497 g/mol. The minimum atomic E-state index is -0.533. The molecule has 0 amide bonds. The number of rotatable bonds is 10. The molecule has 1 N–H and O–H groups in total. The van der Waals surface area contributed by atoms with Gasteiger partial charge >= 0.3 is 5.97 Å². The number of ether oxygens (including phenoxy) is 2. The Morgan fingerprint density at radius 3 is 2.49 bits per heavy atom. The largest absolute Gasteiger partial charge is 0.465 e. The Hall–Kier alpha value is -3.74. The molecule has 1 aliphatic rings. The fourth-order valence-corrected chi connectivity index (χ4v) is 4.75. The third kappa shape index (κ3) is 5.22. The van der Waals surface area contributed by atoms with Gasteiger partial charge < -0.3 is 14.0 Å². The van der Waals surface area contributed by atoms with Crippen LogP contribution in [0, 0.1) is 6.92 Å². The van der Waals surface area contributed by atoms with Crippen molar-refractivity contribution in [3.8, 4) is 33.7 Å². The van der Waals surface area contributed by atoms with E-state index >= 15 is 0 Å². The molecule has 0 atom stereocenters. The van der Waals surface area contributed by atoms with Crippen molar-refractivity contribution in [2.75, 3.05) is 13.7 Å². The van der Waals surface area contributed by atoms with E-state index in [0.717, 1.165) is 46.4 Å². The number of methoxy groups -OCH3 is 1. The van der Waals surface area contributed by atoms with Gasteiger partial charge in [0.1, 0.15) is 11.2 Å². The lowest BCUT2D eigenvalue weighted by Gasteiger charge is -2.16. The van der Waals surface area contributed by atoms with Crippen molar-refractivity contribution in [1.29, 1.82) is 0 Å². The van der Waals surface area contributed by atoms with E-state index in [9.17, 15) is 4.79 Å². The SMILES string of the molecule is CCOC(=O)C1(NCc2cccc(-c3cc(-c4ccc(-c5ccccc5)c(C)c4COC)on3)c2)CC1. The molecule has 0 aliphatic heterocycles. The molecule has 0 bridgehead atoms. The first-order valence-corrected chi connectivity index (χ1v) is 12.7. The van der Waals surface area contributed by atoms with E-state index < -0.39 is 5.54 Å². The Labute approximate surface area is 217 Å². The summed E-state index contributed by atoms with van der Waals surface area (Å²) >= 11 is 0. The topological polar surface area (TPSA) is 73.6 Å². The lowest BCUT2D eigenvalue weighted by Crippen LogP contribution is -2.40. The van der Waals surface area contributed by atoms with Crippen molar-refractivity contribution in [1.82, 2.24) is 10.5 Å². The molecule has 0 radical (unpaired) electrons. The normalized spacial score (nSPS) is 13.9. The average Bonchev–Trinajstić information content (AvgIpc) is 3.57. The van der Waals surface area contributed by atoms with Gasteiger partial charge in [0.05, 0.1) is 13.2 Å². The van der Waals surface area contributed by atoms with E-state index in [4.69, 9.17) is 14.0 Å². The summed E-state index contributed by atoms with van der Waals surface area (Å²) in [5.74, 6) is 0.542. The minimum Gasteiger partial charge on any atom is -0.465 e. The van der Waals surface area contributed by atoms with Gasteiger partial charge in [0.25, 0.3) is 0 Å². The lowest BCUT2D eigenvalue weighted by atomic mass is 9.92. The van der Waals surface area contributed by atoms with E-state index in [-0.39, 0.29) is 5.97 Å². The Balaban J connectivity index is 1.39. The van der Waals surface area contributed by atoms with Gasteiger partial charge in [-0.3, -0.25) is 10.1 Å². The zero-order chi connectivity index (χ0) is 25.8. The quantitative estimate of drug-likeness (QED) is 0.259. The number of esters is 1. The summed E-state index contributed by atoms with van der Waals surface area (Å²) in [7, 11) is 1.71.